The van der Waals surface area contributed by atoms with E-state index in [0.717, 1.165) is 38.2 Å². The molecule has 0 aromatic heterocycles. The topological polar surface area (TPSA) is 18.5 Å². The second-order valence-electron chi connectivity index (χ2n) is 6.24. The number of hydrogen-bond donors (Lipinski definition) is 1. The lowest BCUT2D eigenvalue weighted by Gasteiger charge is -2.42. The number of halogens is 1. The van der Waals surface area contributed by atoms with E-state index >= 15 is 0 Å². The molecule has 0 bridgehead atoms. The summed E-state index contributed by atoms with van der Waals surface area (Å²) in [4.78, 5) is 4.81. The highest BCUT2D eigenvalue weighted by Gasteiger charge is 2.31. The van der Waals surface area contributed by atoms with E-state index < -0.39 is 0 Å². The monoisotopic (exact) mass is 293 g/mol. The first-order valence-electron chi connectivity index (χ1n) is 7.91. The summed E-state index contributed by atoms with van der Waals surface area (Å²) >= 11 is 0. The molecule has 2 unspecified atom stereocenters. The number of likely N-dealkylation sites (N-methyl/N-ethyl adjacent to an activating group) is 2. The fraction of sp³-hybridized carbons (Fsp3) is 0.647. The standard InChI is InChI=1S/C17H28FN3/c1-5-8-19-17(15-7-6-14(18)11-13(15)2)16-12-20(3)9-10-21(16)4/h6-7,11,16-17,19H,5,8-10,12H2,1-4H3. The van der Waals surface area contributed by atoms with Crippen LogP contribution in [0.15, 0.2) is 18.2 Å². The van der Waals surface area contributed by atoms with E-state index in [9.17, 15) is 4.39 Å². The second kappa shape index (κ2) is 7.34. The molecule has 0 saturated carbocycles. The van der Waals surface area contributed by atoms with Gasteiger partial charge in [-0.1, -0.05) is 13.0 Å². The van der Waals surface area contributed by atoms with Crippen LogP contribution in [0, 0.1) is 12.7 Å². The lowest BCUT2D eigenvalue weighted by molar-refractivity contribution is 0.0874. The van der Waals surface area contributed by atoms with E-state index in [0.29, 0.717) is 6.04 Å². The van der Waals surface area contributed by atoms with E-state index in [-0.39, 0.29) is 11.9 Å². The summed E-state index contributed by atoms with van der Waals surface area (Å²) < 4.78 is 13.4. The first-order valence-corrected chi connectivity index (χ1v) is 7.91. The van der Waals surface area contributed by atoms with Gasteiger partial charge in [-0.3, -0.25) is 4.90 Å². The van der Waals surface area contributed by atoms with Gasteiger partial charge in [-0.05, 0) is 57.2 Å². The lowest BCUT2D eigenvalue weighted by atomic mass is 9.92. The van der Waals surface area contributed by atoms with Crippen molar-refractivity contribution >= 4 is 0 Å². The molecular formula is C17H28FN3. The van der Waals surface area contributed by atoms with Crippen LogP contribution in [-0.2, 0) is 0 Å². The fourth-order valence-electron chi connectivity index (χ4n) is 3.15. The molecule has 1 aliphatic heterocycles. The summed E-state index contributed by atoms with van der Waals surface area (Å²) in [6.07, 6.45) is 1.10. The molecule has 3 nitrogen and oxygen atoms in total. The maximum atomic E-state index is 13.4. The van der Waals surface area contributed by atoms with Gasteiger partial charge in [0.15, 0.2) is 0 Å². The van der Waals surface area contributed by atoms with E-state index in [4.69, 9.17) is 0 Å². The first-order chi connectivity index (χ1) is 10.0. The van der Waals surface area contributed by atoms with Crippen LogP contribution in [0.2, 0.25) is 0 Å². The Labute approximate surface area is 128 Å². The molecule has 1 saturated heterocycles. The van der Waals surface area contributed by atoms with Crippen molar-refractivity contribution < 1.29 is 4.39 Å². The van der Waals surface area contributed by atoms with Gasteiger partial charge in [0.25, 0.3) is 0 Å². The molecular weight excluding hydrogens is 265 g/mol. The summed E-state index contributed by atoms with van der Waals surface area (Å²) in [5, 5.41) is 3.68. The number of aryl methyl sites for hydroxylation is 1. The maximum absolute atomic E-state index is 13.4. The van der Waals surface area contributed by atoms with Crippen molar-refractivity contribution in [2.24, 2.45) is 0 Å². The van der Waals surface area contributed by atoms with E-state index in [1.54, 1.807) is 12.1 Å². The Kier molecular flexibility index (Phi) is 5.73. The van der Waals surface area contributed by atoms with Crippen molar-refractivity contribution in [1.29, 1.82) is 0 Å². The predicted octanol–water partition coefficient (Wildman–Crippen LogP) is 2.42. The smallest absolute Gasteiger partial charge is 0.123 e. The average Bonchev–Trinajstić information content (AvgIpc) is 2.44. The summed E-state index contributed by atoms with van der Waals surface area (Å²) in [6, 6.07) is 5.83. The van der Waals surface area contributed by atoms with Crippen molar-refractivity contribution in [2.75, 3.05) is 40.3 Å². The molecule has 2 rings (SSSR count). The molecule has 1 aromatic rings. The largest absolute Gasteiger partial charge is 0.309 e. The van der Waals surface area contributed by atoms with E-state index in [1.807, 2.05) is 13.0 Å². The highest BCUT2D eigenvalue weighted by atomic mass is 19.1. The Morgan fingerprint density at radius 3 is 2.76 bits per heavy atom. The molecule has 1 fully saturated rings. The molecule has 118 valence electrons. The number of nitrogens with zero attached hydrogens (tertiary/aromatic N) is 2. The van der Waals surface area contributed by atoms with Crippen LogP contribution < -0.4 is 5.32 Å². The summed E-state index contributed by atoms with van der Waals surface area (Å²) in [7, 11) is 4.37. The van der Waals surface area contributed by atoms with Crippen LogP contribution >= 0.6 is 0 Å². The quantitative estimate of drug-likeness (QED) is 0.899. The Hall–Kier alpha value is -0.970. The third kappa shape index (κ3) is 4.02. The number of rotatable bonds is 5. The Balaban J connectivity index is 2.28. The minimum Gasteiger partial charge on any atom is -0.309 e. The Bertz CT molecular complexity index is 463. The van der Waals surface area contributed by atoms with Crippen LogP contribution in [0.1, 0.15) is 30.5 Å². The summed E-state index contributed by atoms with van der Waals surface area (Å²) in [6.45, 7) is 8.38. The van der Waals surface area contributed by atoms with Crippen molar-refractivity contribution in [2.45, 2.75) is 32.4 Å². The number of hydrogen-bond acceptors (Lipinski definition) is 3. The third-order valence-electron chi connectivity index (χ3n) is 4.47. The molecule has 0 amide bonds. The zero-order valence-electron chi connectivity index (χ0n) is 13.7. The predicted molar refractivity (Wildman–Crippen MR) is 86.1 cm³/mol. The highest BCUT2D eigenvalue weighted by molar-refractivity contribution is 5.31. The fourth-order valence-corrected chi connectivity index (χ4v) is 3.15. The molecule has 0 spiro atoms. The lowest BCUT2D eigenvalue weighted by Crippen LogP contribution is -2.55. The number of piperazine rings is 1. The number of benzene rings is 1. The first kappa shape index (κ1) is 16.4. The van der Waals surface area contributed by atoms with Gasteiger partial charge in [0.1, 0.15) is 5.82 Å². The molecule has 4 heteroatoms. The van der Waals surface area contributed by atoms with Crippen LogP contribution in [0.25, 0.3) is 0 Å². The normalized spacial score (nSPS) is 22.4. The van der Waals surface area contributed by atoms with Crippen molar-refractivity contribution in [1.82, 2.24) is 15.1 Å². The maximum Gasteiger partial charge on any atom is 0.123 e. The minimum atomic E-state index is -0.153. The SMILES string of the molecule is CCCNC(c1ccc(F)cc1C)C1CN(C)CCN1C. The van der Waals surface area contributed by atoms with Gasteiger partial charge in [0.2, 0.25) is 0 Å². The summed E-state index contributed by atoms with van der Waals surface area (Å²) in [5.74, 6) is -0.153. The van der Waals surface area contributed by atoms with Gasteiger partial charge >= 0.3 is 0 Å². The van der Waals surface area contributed by atoms with Gasteiger partial charge in [-0.25, -0.2) is 4.39 Å². The molecule has 2 atom stereocenters. The van der Waals surface area contributed by atoms with Crippen LogP contribution in [0.5, 0.6) is 0 Å². The number of nitrogens with one attached hydrogen (secondary N) is 1. The minimum absolute atomic E-state index is 0.153. The average molecular weight is 293 g/mol. The van der Waals surface area contributed by atoms with Gasteiger partial charge < -0.3 is 10.2 Å². The van der Waals surface area contributed by atoms with Crippen LogP contribution in [0.3, 0.4) is 0 Å². The Morgan fingerprint density at radius 1 is 1.33 bits per heavy atom. The molecule has 1 aliphatic rings. The molecule has 1 aromatic carbocycles. The van der Waals surface area contributed by atoms with Crippen molar-refractivity contribution in [3.63, 3.8) is 0 Å². The van der Waals surface area contributed by atoms with Crippen LogP contribution in [0.4, 0.5) is 4.39 Å². The molecule has 0 radical (unpaired) electrons. The van der Waals surface area contributed by atoms with E-state index in [2.05, 4.69) is 36.1 Å². The Morgan fingerprint density at radius 2 is 2.10 bits per heavy atom. The molecule has 1 heterocycles. The van der Waals surface area contributed by atoms with Crippen molar-refractivity contribution in [3.8, 4) is 0 Å². The van der Waals surface area contributed by atoms with E-state index in [1.165, 1.54) is 5.56 Å². The van der Waals surface area contributed by atoms with Gasteiger partial charge in [0.05, 0.1) is 0 Å². The van der Waals surface area contributed by atoms with Crippen molar-refractivity contribution in [3.05, 3.63) is 35.1 Å². The van der Waals surface area contributed by atoms with Gasteiger partial charge in [0, 0.05) is 31.7 Å². The highest BCUT2D eigenvalue weighted by Crippen LogP contribution is 2.26. The zero-order chi connectivity index (χ0) is 15.4. The van der Waals surface area contributed by atoms with Crippen LogP contribution in [-0.4, -0.2) is 56.1 Å². The molecule has 21 heavy (non-hydrogen) atoms. The molecule has 0 aliphatic carbocycles. The summed E-state index contributed by atoms with van der Waals surface area (Å²) in [5.41, 5.74) is 2.25. The zero-order valence-corrected chi connectivity index (χ0v) is 13.7. The third-order valence-corrected chi connectivity index (χ3v) is 4.47. The van der Waals surface area contributed by atoms with Gasteiger partial charge in [-0.15, -0.1) is 0 Å². The second-order valence-corrected chi connectivity index (χ2v) is 6.24. The molecule has 1 N–H and O–H groups in total. The van der Waals surface area contributed by atoms with Gasteiger partial charge in [-0.2, -0.15) is 0 Å².